The molecule has 0 aromatic carbocycles. The minimum absolute atomic E-state index is 0.0114. The van der Waals surface area contributed by atoms with Crippen LogP contribution in [-0.2, 0) is 4.79 Å². The Kier molecular flexibility index (Phi) is 1.86. The van der Waals surface area contributed by atoms with Crippen LogP contribution in [0.2, 0.25) is 0 Å². The summed E-state index contributed by atoms with van der Waals surface area (Å²) in [6.45, 7) is 0. The number of nitrogens with zero attached hydrogens (tertiary/aromatic N) is 1. The van der Waals surface area contributed by atoms with E-state index in [0.29, 0.717) is 24.7 Å². The van der Waals surface area contributed by atoms with Gasteiger partial charge in [0.25, 0.3) is 0 Å². The predicted octanol–water partition coefficient (Wildman–Crippen LogP) is 1.54. The SMILES string of the molecule is O=C(O)C12C[C@@H]3CC(C[C@@H](C3)C1)[C@@H]2[N+](=O)[O-]. The smallest absolute Gasteiger partial charge is 0.316 e. The van der Waals surface area contributed by atoms with Gasteiger partial charge in [0.1, 0.15) is 5.41 Å². The number of carbonyl (C=O) groups is 1. The van der Waals surface area contributed by atoms with E-state index in [-0.39, 0.29) is 10.8 Å². The molecular weight excluding hydrogens is 210 g/mol. The highest BCUT2D eigenvalue weighted by molar-refractivity contribution is 5.76. The lowest BCUT2D eigenvalue weighted by Crippen LogP contribution is -2.61. The Morgan fingerprint density at radius 1 is 1.25 bits per heavy atom. The van der Waals surface area contributed by atoms with Crippen LogP contribution in [0.25, 0.3) is 0 Å². The normalized spacial score (nSPS) is 49.2. The molecule has 5 nitrogen and oxygen atoms in total. The zero-order chi connectivity index (χ0) is 11.5. The van der Waals surface area contributed by atoms with Gasteiger partial charge in [-0.15, -0.1) is 0 Å². The number of carboxylic acids is 1. The van der Waals surface area contributed by atoms with Crippen molar-refractivity contribution in [2.24, 2.45) is 23.2 Å². The van der Waals surface area contributed by atoms with Crippen LogP contribution in [0.4, 0.5) is 0 Å². The van der Waals surface area contributed by atoms with E-state index in [1.165, 1.54) is 0 Å². The molecule has 4 aliphatic carbocycles. The topological polar surface area (TPSA) is 80.4 Å². The molecule has 4 rings (SSSR count). The number of carboxylic acid groups (broad SMARTS) is 1. The number of rotatable bonds is 2. The molecule has 0 aromatic heterocycles. The number of hydrogen-bond acceptors (Lipinski definition) is 3. The van der Waals surface area contributed by atoms with E-state index in [9.17, 15) is 20.0 Å². The minimum Gasteiger partial charge on any atom is -0.481 e. The number of aliphatic carboxylic acids is 1. The van der Waals surface area contributed by atoms with Crippen LogP contribution < -0.4 is 0 Å². The molecule has 0 saturated heterocycles. The van der Waals surface area contributed by atoms with Gasteiger partial charge < -0.3 is 5.11 Å². The highest BCUT2D eigenvalue weighted by Crippen LogP contribution is 2.60. The first-order valence-electron chi connectivity index (χ1n) is 5.90. The summed E-state index contributed by atoms with van der Waals surface area (Å²) in [6.07, 6.45) is 3.90. The van der Waals surface area contributed by atoms with Crippen molar-refractivity contribution in [1.29, 1.82) is 0 Å². The van der Waals surface area contributed by atoms with Gasteiger partial charge in [0.2, 0.25) is 6.04 Å². The molecule has 0 aliphatic heterocycles. The summed E-state index contributed by atoms with van der Waals surface area (Å²) in [6, 6.07) is -0.835. The maximum atomic E-state index is 11.5. The molecule has 4 bridgehead atoms. The van der Waals surface area contributed by atoms with Gasteiger partial charge in [-0.1, -0.05) is 0 Å². The summed E-state index contributed by atoms with van der Waals surface area (Å²) in [5.74, 6) is -0.0831. The monoisotopic (exact) mass is 225 g/mol. The molecule has 5 heteroatoms. The van der Waals surface area contributed by atoms with Crippen LogP contribution in [0.1, 0.15) is 32.1 Å². The summed E-state index contributed by atoms with van der Waals surface area (Å²) >= 11 is 0. The Balaban J connectivity index is 2.05. The summed E-state index contributed by atoms with van der Waals surface area (Å²) in [7, 11) is 0. The van der Waals surface area contributed by atoms with E-state index in [4.69, 9.17) is 0 Å². The van der Waals surface area contributed by atoms with Crippen molar-refractivity contribution in [1.82, 2.24) is 0 Å². The molecule has 0 aromatic rings. The quantitative estimate of drug-likeness (QED) is 0.571. The van der Waals surface area contributed by atoms with E-state index < -0.39 is 17.4 Å². The lowest BCUT2D eigenvalue weighted by atomic mass is 9.47. The van der Waals surface area contributed by atoms with Crippen molar-refractivity contribution in [3.05, 3.63) is 10.1 Å². The Morgan fingerprint density at radius 2 is 1.81 bits per heavy atom. The number of nitro groups is 1. The molecule has 0 amide bonds. The summed E-state index contributed by atoms with van der Waals surface area (Å²) < 4.78 is 0. The van der Waals surface area contributed by atoms with Gasteiger partial charge >= 0.3 is 5.97 Å². The summed E-state index contributed by atoms with van der Waals surface area (Å²) in [4.78, 5) is 22.3. The first kappa shape index (κ1) is 10.1. The molecule has 88 valence electrons. The van der Waals surface area contributed by atoms with E-state index in [1.807, 2.05) is 0 Å². The lowest BCUT2D eigenvalue weighted by Gasteiger charge is -2.54. The van der Waals surface area contributed by atoms with E-state index in [1.54, 1.807) is 0 Å². The summed E-state index contributed by atoms with van der Waals surface area (Å²) in [5, 5.41) is 20.5. The van der Waals surface area contributed by atoms with Crippen molar-refractivity contribution in [3.8, 4) is 0 Å². The third kappa shape index (κ3) is 1.09. The van der Waals surface area contributed by atoms with Crippen molar-refractivity contribution in [3.63, 3.8) is 0 Å². The van der Waals surface area contributed by atoms with Crippen molar-refractivity contribution >= 4 is 5.97 Å². The van der Waals surface area contributed by atoms with Crippen molar-refractivity contribution in [2.45, 2.75) is 38.1 Å². The van der Waals surface area contributed by atoms with Gasteiger partial charge in [-0.3, -0.25) is 14.9 Å². The second-order valence-corrected chi connectivity index (χ2v) is 5.80. The molecule has 4 saturated carbocycles. The first-order valence-corrected chi connectivity index (χ1v) is 5.90. The number of hydrogen-bond donors (Lipinski definition) is 1. The standard InChI is InChI=1S/C11H15NO4/c13-10(14)11-4-6-1-7(5-11)3-8(2-6)9(11)12(15)16/h6-9H,1-5H2,(H,13,14)/t6-,7+,8?,9-,11?/m0/s1. The maximum absolute atomic E-state index is 11.5. The van der Waals surface area contributed by atoms with Crippen molar-refractivity contribution < 1.29 is 14.8 Å². The maximum Gasteiger partial charge on any atom is 0.316 e. The molecule has 4 aliphatic rings. The third-order valence-corrected chi connectivity index (χ3v) is 4.91. The molecule has 0 radical (unpaired) electrons. The molecule has 16 heavy (non-hydrogen) atoms. The molecular formula is C11H15NO4. The fourth-order valence-electron chi connectivity index (χ4n) is 4.69. The highest BCUT2D eigenvalue weighted by atomic mass is 16.6. The van der Waals surface area contributed by atoms with Gasteiger partial charge in [-0.05, 0) is 43.9 Å². The van der Waals surface area contributed by atoms with Crippen LogP contribution in [0.3, 0.4) is 0 Å². The van der Waals surface area contributed by atoms with E-state index >= 15 is 0 Å². The molecule has 2 unspecified atom stereocenters. The molecule has 0 spiro atoms. The fraction of sp³-hybridized carbons (Fsp3) is 0.909. The largest absolute Gasteiger partial charge is 0.481 e. The fourth-order valence-corrected chi connectivity index (χ4v) is 4.69. The van der Waals surface area contributed by atoms with Crippen LogP contribution in [0, 0.1) is 33.3 Å². The van der Waals surface area contributed by atoms with Crippen LogP contribution in [-0.4, -0.2) is 22.0 Å². The zero-order valence-electron chi connectivity index (χ0n) is 8.96. The Bertz CT molecular complexity index is 353. The van der Waals surface area contributed by atoms with Crippen LogP contribution in [0.15, 0.2) is 0 Å². The van der Waals surface area contributed by atoms with E-state index in [0.717, 1.165) is 19.3 Å². The second kappa shape index (κ2) is 2.96. The zero-order valence-corrected chi connectivity index (χ0v) is 8.96. The minimum atomic E-state index is -1.04. The van der Waals surface area contributed by atoms with E-state index in [2.05, 4.69) is 0 Å². The third-order valence-electron chi connectivity index (χ3n) is 4.91. The Morgan fingerprint density at radius 3 is 2.25 bits per heavy atom. The molecule has 1 N–H and O–H groups in total. The summed E-state index contributed by atoms with van der Waals surface area (Å²) in [5.41, 5.74) is -1.04. The lowest BCUT2D eigenvalue weighted by molar-refractivity contribution is -0.561. The average molecular weight is 225 g/mol. The Labute approximate surface area is 93.0 Å². The van der Waals surface area contributed by atoms with Crippen LogP contribution in [0.5, 0.6) is 0 Å². The molecule has 4 fully saturated rings. The van der Waals surface area contributed by atoms with Gasteiger partial charge in [0, 0.05) is 10.8 Å². The highest BCUT2D eigenvalue weighted by Gasteiger charge is 2.66. The van der Waals surface area contributed by atoms with Crippen LogP contribution >= 0.6 is 0 Å². The average Bonchev–Trinajstić information content (AvgIpc) is 2.14. The van der Waals surface area contributed by atoms with Gasteiger partial charge in [0.05, 0.1) is 0 Å². The second-order valence-electron chi connectivity index (χ2n) is 5.80. The first-order chi connectivity index (χ1) is 7.53. The molecule has 5 atom stereocenters. The van der Waals surface area contributed by atoms with Crippen molar-refractivity contribution in [2.75, 3.05) is 0 Å². The predicted molar refractivity (Wildman–Crippen MR) is 54.4 cm³/mol. The van der Waals surface area contributed by atoms with Gasteiger partial charge in [-0.25, -0.2) is 0 Å². The van der Waals surface area contributed by atoms with Gasteiger partial charge in [0.15, 0.2) is 0 Å². The van der Waals surface area contributed by atoms with Gasteiger partial charge in [-0.2, -0.15) is 0 Å². The molecule has 0 heterocycles. The Hall–Kier alpha value is -1.13.